The molecule has 0 saturated heterocycles. The Morgan fingerprint density at radius 2 is 2.46 bits per heavy atom. The number of pyridine rings is 1. The lowest BCUT2D eigenvalue weighted by molar-refractivity contribution is 0.950. The molecule has 6 heteroatoms. The first kappa shape index (κ1) is 8.06. The highest BCUT2D eigenvalue weighted by atomic mass is 32.1. The maximum atomic E-state index is 4.00. The zero-order valence-electron chi connectivity index (χ0n) is 6.71. The van der Waals surface area contributed by atoms with Gasteiger partial charge < -0.3 is 5.32 Å². The monoisotopic (exact) mass is 193 g/mol. The molecule has 1 N–H and O–H groups in total. The van der Waals surface area contributed by atoms with E-state index in [0.717, 1.165) is 10.7 Å². The van der Waals surface area contributed by atoms with Gasteiger partial charge in [-0.25, -0.2) is 0 Å². The van der Waals surface area contributed by atoms with E-state index in [2.05, 4.69) is 25.1 Å². The zero-order chi connectivity index (χ0) is 8.93. The van der Waals surface area contributed by atoms with E-state index in [4.69, 9.17) is 0 Å². The van der Waals surface area contributed by atoms with Crippen molar-refractivity contribution < 1.29 is 0 Å². The van der Waals surface area contributed by atoms with Crippen molar-refractivity contribution in [3.05, 3.63) is 30.1 Å². The van der Waals surface area contributed by atoms with Crippen molar-refractivity contribution in [3.63, 3.8) is 0 Å². The van der Waals surface area contributed by atoms with E-state index in [1.54, 1.807) is 6.20 Å². The Morgan fingerprint density at radius 1 is 1.46 bits per heavy atom. The van der Waals surface area contributed by atoms with Gasteiger partial charge in [-0.05, 0) is 16.8 Å². The number of hydrogen-bond donors (Lipinski definition) is 1. The first-order valence-corrected chi connectivity index (χ1v) is 4.50. The maximum absolute atomic E-state index is 4.00. The average molecular weight is 193 g/mol. The fourth-order valence-corrected chi connectivity index (χ4v) is 1.24. The summed E-state index contributed by atoms with van der Waals surface area (Å²) in [5.74, 6) is 0. The standard InChI is InChI=1S/C7H7N5S/c1-2-6(4-8-3-1)5-9-7-10-11-12-13-7/h1-4H,5H2,(H,9,10,12). The molecule has 0 radical (unpaired) electrons. The van der Waals surface area contributed by atoms with Crippen LogP contribution in [0.2, 0.25) is 0 Å². The van der Waals surface area contributed by atoms with Gasteiger partial charge >= 0.3 is 0 Å². The number of nitrogens with one attached hydrogen (secondary N) is 1. The summed E-state index contributed by atoms with van der Waals surface area (Å²) in [5, 5.41) is 11.0. The lowest BCUT2D eigenvalue weighted by atomic mass is 10.3. The smallest absolute Gasteiger partial charge is 0.225 e. The second-order valence-corrected chi connectivity index (χ2v) is 3.11. The molecule has 13 heavy (non-hydrogen) atoms. The van der Waals surface area contributed by atoms with E-state index in [1.165, 1.54) is 11.5 Å². The van der Waals surface area contributed by atoms with Crippen molar-refractivity contribution in [2.45, 2.75) is 6.54 Å². The molecule has 0 aliphatic carbocycles. The molecular formula is C7H7N5S. The Balaban J connectivity index is 1.94. The number of anilines is 1. The summed E-state index contributed by atoms with van der Waals surface area (Å²) in [6.07, 6.45) is 3.55. The number of rotatable bonds is 3. The van der Waals surface area contributed by atoms with E-state index in [0.29, 0.717) is 6.54 Å². The fourth-order valence-electron chi connectivity index (χ4n) is 0.882. The molecule has 5 nitrogen and oxygen atoms in total. The van der Waals surface area contributed by atoms with Gasteiger partial charge in [-0.15, -0.1) is 0 Å². The van der Waals surface area contributed by atoms with Gasteiger partial charge in [0.25, 0.3) is 0 Å². The van der Waals surface area contributed by atoms with E-state index >= 15 is 0 Å². The Hall–Kier alpha value is -1.56. The van der Waals surface area contributed by atoms with Gasteiger partial charge in [0.1, 0.15) is 0 Å². The number of aromatic nitrogens is 4. The van der Waals surface area contributed by atoms with Crippen LogP contribution >= 0.6 is 11.5 Å². The lowest BCUT2D eigenvalue weighted by Gasteiger charge is -1.99. The first-order chi connectivity index (χ1) is 6.45. The molecule has 2 aromatic heterocycles. The minimum Gasteiger partial charge on any atom is -0.355 e. The van der Waals surface area contributed by atoms with Gasteiger partial charge in [0.05, 0.1) is 0 Å². The molecule has 0 spiro atoms. The van der Waals surface area contributed by atoms with Crippen LogP contribution in [-0.2, 0) is 6.54 Å². The highest BCUT2D eigenvalue weighted by molar-refractivity contribution is 7.09. The number of hydrogen-bond acceptors (Lipinski definition) is 6. The summed E-state index contributed by atoms with van der Waals surface area (Å²) in [5.41, 5.74) is 1.11. The topological polar surface area (TPSA) is 63.6 Å². The van der Waals surface area contributed by atoms with Crippen molar-refractivity contribution in [2.75, 3.05) is 5.32 Å². The SMILES string of the molecule is c1cncc(CNc2nnns2)c1. The molecule has 2 aromatic rings. The third-order valence-electron chi connectivity index (χ3n) is 1.47. The highest BCUT2D eigenvalue weighted by Crippen LogP contribution is 2.06. The van der Waals surface area contributed by atoms with E-state index in [1.807, 2.05) is 18.3 Å². The molecule has 66 valence electrons. The number of nitrogens with zero attached hydrogens (tertiary/aromatic N) is 4. The van der Waals surface area contributed by atoms with Crippen LogP contribution in [0.25, 0.3) is 0 Å². The Kier molecular flexibility index (Phi) is 2.42. The van der Waals surface area contributed by atoms with Gasteiger partial charge in [0.2, 0.25) is 5.13 Å². The van der Waals surface area contributed by atoms with Crippen molar-refractivity contribution in [2.24, 2.45) is 0 Å². The van der Waals surface area contributed by atoms with Crippen LogP contribution in [0, 0.1) is 0 Å². The normalized spacial score (nSPS) is 9.85. The molecule has 0 saturated carbocycles. The van der Waals surface area contributed by atoms with Crippen LogP contribution in [0.4, 0.5) is 5.13 Å². The highest BCUT2D eigenvalue weighted by Gasteiger charge is 1.96. The Labute approximate surface area is 79.0 Å². The second-order valence-electron chi connectivity index (χ2n) is 2.38. The van der Waals surface area contributed by atoms with Crippen molar-refractivity contribution in [3.8, 4) is 0 Å². The molecule has 0 aromatic carbocycles. The van der Waals surface area contributed by atoms with Crippen LogP contribution < -0.4 is 5.32 Å². The quantitative estimate of drug-likeness (QED) is 0.786. The van der Waals surface area contributed by atoms with Gasteiger partial charge in [0, 0.05) is 30.5 Å². The molecule has 0 atom stereocenters. The average Bonchev–Trinajstić information content (AvgIpc) is 2.69. The predicted molar refractivity (Wildman–Crippen MR) is 49.3 cm³/mol. The molecule has 2 heterocycles. The minimum absolute atomic E-state index is 0.699. The van der Waals surface area contributed by atoms with Crippen molar-refractivity contribution in [1.29, 1.82) is 0 Å². The van der Waals surface area contributed by atoms with E-state index in [9.17, 15) is 0 Å². The van der Waals surface area contributed by atoms with Gasteiger partial charge in [0.15, 0.2) is 0 Å². The fraction of sp³-hybridized carbons (Fsp3) is 0.143. The maximum Gasteiger partial charge on any atom is 0.225 e. The lowest BCUT2D eigenvalue weighted by Crippen LogP contribution is -1.98. The van der Waals surface area contributed by atoms with Crippen LogP contribution in [-0.4, -0.2) is 19.8 Å². The minimum atomic E-state index is 0.699. The summed E-state index contributed by atoms with van der Waals surface area (Å²) < 4.78 is 3.64. The summed E-state index contributed by atoms with van der Waals surface area (Å²) in [7, 11) is 0. The third-order valence-corrected chi connectivity index (χ3v) is 2.02. The second kappa shape index (κ2) is 3.90. The molecule has 0 fully saturated rings. The van der Waals surface area contributed by atoms with Crippen LogP contribution in [0.3, 0.4) is 0 Å². The van der Waals surface area contributed by atoms with E-state index < -0.39 is 0 Å². The van der Waals surface area contributed by atoms with Gasteiger partial charge in [-0.2, -0.15) is 0 Å². The molecule has 0 amide bonds. The third kappa shape index (κ3) is 2.19. The van der Waals surface area contributed by atoms with Crippen LogP contribution in [0.15, 0.2) is 24.5 Å². The molecule has 0 aliphatic heterocycles. The zero-order valence-corrected chi connectivity index (χ0v) is 7.53. The van der Waals surface area contributed by atoms with Gasteiger partial charge in [-0.1, -0.05) is 15.7 Å². The summed E-state index contributed by atoms with van der Waals surface area (Å²) in [6, 6.07) is 3.89. The molecule has 0 bridgehead atoms. The summed E-state index contributed by atoms with van der Waals surface area (Å²) in [6.45, 7) is 0.699. The molecule has 0 aliphatic rings. The Morgan fingerprint density at radius 3 is 3.15 bits per heavy atom. The largest absolute Gasteiger partial charge is 0.355 e. The van der Waals surface area contributed by atoms with Crippen molar-refractivity contribution in [1.82, 2.24) is 19.8 Å². The molecule has 2 rings (SSSR count). The summed E-state index contributed by atoms with van der Waals surface area (Å²) >= 11 is 1.24. The first-order valence-electron chi connectivity index (χ1n) is 3.73. The summed E-state index contributed by atoms with van der Waals surface area (Å²) in [4.78, 5) is 4.00. The van der Waals surface area contributed by atoms with Crippen LogP contribution in [0.1, 0.15) is 5.56 Å². The van der Waals surface area contributed by atoms with Gasteiger partial charge in [-0.3, -0.25) is 4.98 Å². The molecule has 0 unspecified atom stereocenters. The van der Waals surface area contributed by atoms with Crippen molar-refractivity contribution >= 4 is 16.7 Å². The predicted octanol–water partition coefficient (Wildman–Crippen LogP) is 0.940. The Bertz CT molecular complexity index is 346. The van der Waals surface area contributed by atoms with E-state index in [-0.39, 0.29) is 0 Å². The molecular weight excluding hydrogens is 186 g/mol. The van der Waals surface area contributed by atoms with Crippen LogP contribution in [0.5, 0.6) is 0 Å².